The highest BCUT2D eigenvalue weighted by molar-refractivity contribution is 4.69. The zero-order chi connectivity index (χ0) is 11.1. The minimum absolute atomic E-state index is 0.0821. The van der Waals surface area contributed by atoms with E-state index in [-0.39, 0.29) is 12.6 Å². The van der Waals surface area contributed by atoms with Gasteiger partial charge in [-0.25, -0.2) is 0 Å². The van der Waals surface area contributed by atoms with Crippen LogP contribution in [0.5, 0.6) is 0 Å². The molecule has 0 aromatic carbocycles. The van der Waals surface area contributed by atoms with E-state index in [0.29, 0.717) is 0 Å². The van der Waals surface area contributed by atoms with Gasteiger partial charge in [-0.2, -0.15) is 0 Å². The number of aliphatic hydroxyl groups is 1. The molecule has 1 saturated carbocycles. The highest BCUT2D eigenvalue weighted by Crippen LogP contribution is 2.26. The van der Waals surface area contributed by atoms with E-state index in [4.69, 9.17) is 10.8 Å². The predicted molar refractivity (Wildman–Crippen MR) is 63.8 cm³/mol. The maximum absolute atomic E-state index is 8.85. The van der Waals surface area contributed by atoms with Crippen LogP contribution in [0.4, 0.5) is 0 Å². The van der Waals surface area contributed by atoms with Crippen molar-refractivity contribution in [2.45, 2.75) is 44.6 Å². The Balaban J connectivity index is 2.07. The third-order valence-corrected chi connectivity index (χ3v) is 3.42. The molecule has 1 aliphatic rings. The number of rotatable bonds is 6. The molecule has 1 atom stereocenters. The minimum Gasteiger partial charge on any atom is -0.395 e. The van der Waals surface area contributed by atoms with Crippen molar-refractivity contribution >= 4 is 0 Å². The van der Waals surface area contributed by atoms with E-state index in [2.05, 4.69) is 11.9 Å². The summed E-state index contributed by atoms with van der Waals surface area (Å²) in [5.41, 5.74) is 5.69. The van der Waals surface area contributed by atoms with Crippen molar-refractivity contribution in [1.29, 1.82) is 0 Å². The summed E-state index contributed by atoms with van der Waals surface area (Å²) in [6, 6.07) is -0.0821. The number of hydrogen-bond acceptors (Lipinski definition) is 3. The Morgan fingerprint density at radius 1 is 1.33 bits per heavy atom. The van der Waals surface area contributed by atoms with Gasteiger partial charge in [0.1, 0.15) is 0 Å². The summed E-state index contributed by atoms with van der Waals surface area (Å²) in [5, 5.41) is 8.85. The Kier molecular flexibility index (Phi) is 6.22. The van der Waals surface area contributed by atoms with Crippen molar-refractivity contribution in [2.24, 2.45) is 11.7 Å². The molecule has 1 fully saturated rings. The molecule has 1 rings (SSSR count). The fraction of sp³-hybridized carbons (Fsp3) is 1.00. The van der Waals surface area contributed by atoms with E-state index in [9.17, 15) is 0 Å². The quantitative estimate of drug-likeness (QED) is 0.698. The first kappa shape index (κ1) is 12.9. The molecule has 15 heavy (non-hydrogen) atoms. The van der Waals surface area contributed by atoms with Crippen LogP contribution in [0.2, 0.25) is 0 Å². The van der Waals surface area contributed by atoms with Crippen molar-refractivity contribution in [3.63, 3.8) is 0 Å². The number of nitrogens with zero attached hydrogens (tertiary/aromatic N) is 1. The highest BCUT2D eigenvalue weighted by atomic mass is 16.3. The third-order valence-electron chi connectivity index (χ3n) is 3.42. The van der Waals surface area contributed by atoms with Crippen LogP contribution in [0, 0.1) is 5.92 Å². The molecule has 3 N–H and O–H groups in total. The molecule has 0 bridgehead atoms. The fourth-order valence-electron chi connectivity index (χ4n) is 2.43. The molecule has 0 aromatic rings. The van der Waals surface area contributed by atoms with Gasteiger partial charge in [-0.05, 0) is 25.9 Å². The van der Waals surface area contributed by atoms with Crippen molar-refractivity contribution in [2.75, 3.05) is 26.7 Å². The van der Waals surface area contributed by atoms with Crippen molar-refractivity contribution in [3.05, 3.63) is 0 Å². The van der Waals surface area contributed by atoms with E-state index in [1.54, 1.807) is 0 Å². The Morgan fingerprint density at radius 2 is 2.00 bits per heavy atom. The van der Waals surface area contributed by atoms with Gasteiger partial charge in [0.25, 0.3) is 0 Å². The van der Waals surface area contributed by atoms with E-state index < -0.39 is 0 Å². The van der Waals surface area contributed by atoms with Crippen LogP contribution < -0.4 is 5.73 Å². The highest BCUT2D eigenvalue weighted by Gasteiger charge is 2.14. The second-order valence-electron chi connectivity index (χ2n) is 5.00. The Labute approximate surface area is 93.6 Å². The lowest BCUT2D eigenvalue weighted by molar-refractivity contribution is 0.208. The molecule has 0 spiro atoms. The molecule has 0 radical (unpaired) electrons. The fourth-order valence-corrected chi connectivity index (χ4v) is 2.43. The number of nitrogens with two attached hydrogens (primary N) is 1. The van der Waals surface area contributed by atoms with Gasteiger partial charge in [-0.15, -0.1) is 0 Å². The number of aliphatic hydroxyl groups excluding tert-OH is 1. The van der Waals surface area contributed by atoms with Gasteiger partial charge in [0.2, 0.25) is 0 Å². The molecule has 3 heteroatoms. The summed E-state index contributed by atoms with van der Waals surface area (Å²) < 4.78 is 0. The van der Waals surface area contributed by atoms with E-state index >= 15 is 0 Å². The molecular weight excluding hydrogens is 188 g/mol. The summed E-state index contributed by atoms with van der Waals surface area (Å²) in [7, 11) is 2.10. The molecule has 0 heterocycles. The Hall–Kier alpha value is -0.120. The molecule has 0 aliphatic heterocycles. The summed E-state index contributed by atoms with van der Waals surface area (Å²) in [4.78, 5) is 2.25. The van der Waals surface area contributed by atoms with Crippen LogP contribution in [0.1, 0.15) is 38.5 Å². The van der Waals surface area contributed by atoms with Crippen LogP contribution >= 0.6 is 0 Å². The molecular formula is C12H26N2O. The van der Waals surface area contributed by atoms with Crippen LogP contribution in [0.15, 0.2) is 0 Å². The van der Waals surface area contributed by atoms with Crippen LogP contribution in [-0.2, 0) is 0 Å². The molecule has 1 aliphatic carbocycles. The Morgan fingerprint density at radius 3 is 2.60 bits per heavy atom. The third kappa shape index (κ3) is 5.50. The Bertz CT molecular complexity index is 158. The lowest BCUT2D eigenvalue weighted by Crippen LogP contribution is -2.38. The summed E-state index contributed by atoms with van der Waals surface area (Å²) >= 11 is 0. The van der Waals surface area contributed by atoms with Gasteiger partial charge >= 0.3 is 0 Å². The van der Waals surface area contributed by atoms with E-state index in [0.717, 1.165) is 19.0 Å². The summed E-state index contributed by atoms with van der Waals surface area (Å²) in [5.74, 6) is 0.937. The monoisotopic (exact) mass is 214 g/mol. The number of hydrogen-bond donors (Lipinski definition) is 2. The van der Waals surface area contributed by atoms with Gasteiger partial charge in [0, 0.05) is 12.6 Å². The lowest BCUT2D eigenvalue weighted by Gasteiger charge is -2.25. The van der Waals surface area contributed by atoms with Crippen LogP contribution in [-0.4, -0.2) is 42.8 Å². The first-order valence-corrected chi connectivity index (χ1v) is 6.27. The molecule has 1 unspecified atom stereocenters. The zero-order valence-electron chi connectivity index (χ0n) is 9.99. The standard InChI is InChI=1S/C12H26N2O/c1-14(9-12(13)10-15)8-7-11-5-3-2-4-6-11/h11-12,15H,2-10,13H2,1H3. The molecule has 90 valence electrons. The zero-order valence-corrected chi connectivity index (χ0v) is 9.99. The maximum atomic E-state index is 8.85. The van der Waals surface area contributed by atoms with Gasteiger partial charge in [0.15, 0.2) is 0 Å². The predicted octanol–water partition coefficient (Wildman–Crippen LogP) is 1.21. The molecule has 0 amide bonds. The number of likely N-dealkylation sites (N-methyl/N-ethyl adjacent to an activating group) is 1. The topological polar surface area (TPSA) is 49.5 Å². The lowest BCUT2D eigenvalue weighted by atomic mass is 9.87. The first-order chi connectivity index (χ1) is 7.22. The van der Waals surface area contributed by atoms with E-state index in [1.807, 2.05) is 0 Å². The first-order valence-electron chi connectivity index (χ1n) is 6.27. The van der Waals surface area contributed by atoms with Crippen LogP contribution in [0.25, 0.3) is 0 Å². The average Bonchev–Trinajstić information content (AvgIpc) is 2.27. The van der Waals surface area contributed by atoms with Crippen molar-refractivity contribution in [1.82, 2.24) is 4.90 Å². The van der Waals surface area contributed by atoms with Gasteiger partial charge in [0.05, 0.1) is 6.61 Å². The minimum atomic E-state index is -0.0821. The largest absolute Gasteiger partial charge is 0.395 e. The van der Waals surface area contributed by atoms with E-state index in [1.165, 1.54) is 38.5 Å². The van der Waals surface area contributed by atoms with Gasteiger partial charge in [-0.3, -0.25) is 0 Å². The SMILES string of the molecule is CN(CCC1CCCCC1)CC(N)CO. The second kappa shape index (κ2) is 7.20. The maximum Gasteiger partial charge on any atom is 0.0595 e. The van der Waals surface area contributed by atoms with Crippen LogP contribution in [0.3, 0.4) is 0 Å². The normalized spacial score (nSPS) is 20.8. The molecule has 0 saturated heterocycles. The van der Waals surface area contributed by atoms with Gasteiger partial charge in [-0.1, -0.05) is 32.1 Å². The average molecular weight is 214 g/mol. The summed E-state index contributed by atoms with van der Waals surface area (Å²) in [6.45, 7) is 2.02. The van der Waals surface area contributed by atoms with Gasteiger partial charge < -0.3 is 15.7 Å². The van der Waals surface area contributed by atoms with Crippen molar-refractivity contribution < 1.29 is 5.11 Å². The molecule has 0 aromatic heterocycles. The smallest absolute Gasteiger partial charge is 0.0595 e. The van der Waals surface area contributed by atoms with Crippen molar-refractivity contribution in [3.8, 4) is 0 Å². The summed E-state index contributed by atoms with van der Waals surface area (Å²) in [6.07, 6.45) is 8.41. The molecule has 3 nitrogen and oxygen atoms in total. The second-order valence-corrected chi connectivity index (χ2v) is 5.00.